The van der Waals surface area contributed by atoms with Crippen LogP contribution in [-0.4, -0.2) is 58.4 Å². The molecule has 1 saturated heterocycles. The molecule has 120 valence electrons. The SMILES string of the molecule is CC(C)C(C)(CC(=O)N1CCN(C)C(=O)C1(C)C)C(=O)O. The fourth-order valence-corrected chi connectivity index (χ4v) is 2.59. The number of hydrogen-bond acceptors (Lipinski definition) is 3. The van der Waals surface area contributed by atoms with E-state index >= 15 is 0 Å². The summed E-state index contributed by atoms with van der Waals surface area (Å²) in [7, 11) is 1.71. The number of carbonyl (C=O) groups excluding carboxylic acids is 2. The zero-order valence-corrected chi connectivity index (χ0v) is 13.8. The van der Waals surface area contributed by atoms with E-state index in [1.54, 1.807) is 46.6 Å². The molecule has 1 atom stereocenters. The minimum absolute atomic E-state index is 0.0968. The Labute approximate surface area is 126 Å². The lowest BCUT2D eigenvalue weighted by Crippen LogP contribution is -2.64. The van der Waals surface area contributed by atoms with E-state index in [9.17, 15) is 19.5 Å². The summed E-state index contributed by atoms with van der Waals surface area (Å²) >= 11 is 0. The predicted molar refractivity (Wildman–Crippen MR) is 78.6 cm³/mol. The van der Waals surface area contributed by atoms with Crippen molar-refractivity contribution in [1.29, 1.82) is 0 Å². The minimum Gasteiger partial charge on any atom is -0.481 e. The molecule has 21 heavy (non-hydrogen) atoms. The molecule has 1 heterocycles. The topological polar surface area (TPSA) is 77.9 Å². The number of rotatable bonds is 4. The average molecular weight is 298 g/mol. The zero-order valence-electron chi connectivity index (χ0n) is 13.8. The van der Waals surface area contributed by atoms with Gasteiger partial charge in [0, 0.05) is 26.6 Å². The molecule has 2 amide bonds. The second kappa shape index (κ2) is 5.66. The fourth-order valence-electron chi connectivity index (χ4n) is 2.59. The van der Waals surface area contributed by atoms with Crippen LogP contribution in [0.4, 0.5) is 0 Å². The van der Waals surface area contributed by atoms with E-state index < -0.39 is 16.9 Å². The van der Waals surface area contributed by atoms with Gasteiger partial charge in [0.25, 0.3) is 0 Å². The average Bonchev–Trinajstić information content (AvgIpc) is 2.35. The van der Waals surface area contributed by atoms with E-state index in [0.717, 1.165) is 0 Å². The smallest absolute Gasteiger partial charge is 0.310 e. The molecule has 0 aromatic heterocycles. The minimum atomic E-state index is -1.13. The van der Waals surface area contributed by atoms with E-state index in [1.807, 2.05) is 0 Å². The van der Waals surface area contributed by atoms with Crippen LogP contribution in [0.5, 0.6) is 0 Å². The van der Waals surface area contributed by atoms with E-state index in [1.165, 1.54) is 4.90 Å². The van der Waals surface area contributed by atoms with Crippen LogP contribution in [0.1, 0.15) is 41.0 Å². The van der Waals surface area contributed by atoms with Crippen LogP contribution in [0.15, 0.2) is 0 Å². The van der Waals surface area contributed by atoms with Gasteiger partial charge in [-0.3, -0.25) is 14.4 Å². The van der Waals surface area contributed by atoms with Crippen LogP contribution < -0.4 is 0 Å². The van der Waals surface area contributed by atoms with Crippen LogP contribution in [0.3, 0.4) is 0 Å². The standard InChI is InChI=1S/C15H26N2O4/c1-10(2)15(5,13(20)21)9-11(18)17-8-7-16(6)12(19)14(17,3)4/h10H,7-9H2,1-6H3,(H,20,21). The maximum Gasteiger partial charge on any atom is 0.310 e. The maximum atomic E-state index is 12.6. The maximum absolute atomic E-state index is 12.6. The van der Waals surface area contributed by atoms with Gasteiger partial charge in [-0.05, 0) is 26.7 Å². The summed E-state index contributed by atoms with van der Waals surface area (Å²) in [5, 5.41) is 9.43. The molecule has 1 fully saturated rings. The van der Waals surface area contributed by atoms with Crippen molar-refractivity contribution in [3.05, 3.63) is 0 Å². The molecule has 6 heteroatoms. The van der Waals surface area contributed by atoms with Crippen LogP contribution in [0.25, 0.3) is 0 Å². The quantitative estimate of drug-likeness (QED) is 0.846. The molecule has 0 aromatic carbocycles. The van der Waals surface area contributed by atoms with Gasteiger partial charge in [0.1, 0.15) is 5.54 Å². The number of carbonyl (C=O) groups is 3. The van der Waals surface area contributed by atoms with Gasteiger partial charge in [0.15, 0.2) is 0 Å². The Morgan fingerprint density at radius 2 is 1.86 bits per heavy atom. The second-order valence-electron chi connectivity index (χ2n) is 6.89. The lowest BCUT2D eigenvalue weighted by molar-refractivity contribution is -0.163. The van der Waals surface area contributed by atoms with Crippen molar-refractivity contribution in [2.24, 2.45) is 11.3 Å². The summed E-state index contributed by atoms with van der Waals surface area (Å²) in [5.41, 5.74) is -2.06. The van der Waals surface area contributed by atoms with Crippen molar-refractivity contribution < 1.29 is 19.5 Å². The van der Waals surface area contributed by atoms with E-state index in [0.29, 0.717) is 13.1 Å². The first kappa shape index (κ1) is 17.5. The van der Waals surface area contributed by atoms with Gasteiger partial charge >= 0.3 is 5.97 Å². The number of hydrogen-bond donors (Lipinski definition) is 1. The lowest BCUT2D eigenvalue weighted by atomic mass is 9.75. The highest BCUT2D eigenvalue weighted by Crippen LogP contribution is 2.34. The summed E-state index contributed by atoms with van der Waals surface area (Å²) in [6, 6.07) is 0. The molecule has 1 aliphatic heterocycles. The first-order valence-corrected chi connectivity index (χ1v) is 7.24. The molecule has 1 N–H and O–H groups in total. The van der Waals surface area contributed by atoms with Crippen molar-refractivity contribution >= 4 is 17.8 Å². The third-order valence-corrected chi connectivity index (χ3v) is 4.79. The third kappa shape index (κ3) is 3.04. The Kier molecular flexibility index (Phi) is 4.70. The Hall–Kier alpha value is -1.59. The highest BCUT2D eigenvalue weighted by Gasteiger charge is 2.46. The highest BCUT2D eigenvalue weighted by molar-refractivity contribution is 5.93. The molecule has 0 aromatic rings. The number of nitrogens with zero attached hydrogens (tertiary/aromatic N) is 2. The normalized spacial score (nSPS) is 21.4. The number of carboxylic acid groups (broad SMARTS) is 1. The molecule has 6 nitrogen and oxygen atoms in total. The number of piperazine rings is 1. The summed E-state index contributed by atoms with van der Waals surface area (Å²) in [5.74, 6) is -1.56. The summed E-state index contributed by atoms with van der Waals surface area (Å²) < 4.78 is 0. The number of carboxylic acids is 1. The molecule has 0 aliphatic carbocycles. The van der Waals surface area contributed by atoms with Gasteiger partial charge < -0.3 is 14.9 Å². The Bertz CT molecular complexity index is 459. The molecule has 0 saturated carbocycles. The van der Waals surface area contributed by atoms with Crippen molar-refractivity contribution in [2.45, 2.75) is 46.6 Å². The van der Waals surface area contributed by atoms with Crippen LogP contribution >= 0.6 is 0 Å². The molecule has 0 radical (unpaired) electrons. The second-order valence-corrected chi connectivity index (χ2v) is 6.89. The van der Waals surface area contributed by atoms with Crippen molar-refractivity contribution in [3.63, 3.8) is 0 Å². The zero-order chi connectivity index (χ0) is 16.6. The molecule has 1 aliphatic rings. The van der Waals surface area contributed by atoms with Gasteiger partial charge in [0.05, 0.1) is 5.41 Å². The van der Waals surface area contributed by atoms with Crippen molar-refractivity contribution in [2.75, 3.05) is 20.1 Å². The number of amides is 2. The Morgan fingerprint density at radius 3 is 2.29 bits per heavy atom. The van der Waals surface area contributed by atoms with Gasteiger partial charge in [-0.25, -0.2) is 0 Å². The molecule has 1 rings (SSSR count). The van der Waals surface area contributed by atoms with Crippen LogP contribution in [0, 0.1) is 11.3 Å². The van der Waals surface area contributed by atoms with Crippen LogP contribution in [-0.2, 0) is 14.4 Å². The summed E-state index contributed by atoms with van der Waals surface area (Å²) in [6.45, 7) is 9.49. The van der Waals surface area contributed by atoms with Gasteiger partial charge in [-0.15, -0.1) is 0 Å². The lowest BCUT2D eigenvalue weighted by Gasteiger charge is -2.45. The van der Waals surface area contributed by atoms with Crippen molar-refractivity contribution in [1.82, 2.24) is 9.80 Å². The molecular weight excluding hydrogens is 272 g/mol. The van der Waals surface area contributed by atoms with E-state index in [4.69, 9.17) is 0 Å². The Balaban J connectivity index is 2.99. The largest absolute Gasteiger partial charge is 0.481 e. The third-order valence-electron chi connectivity index (χ3n) is 4.79. The first-order valence-electron chi connectivity index (χ1n) is 7.24. The summed E-state index contributed by atoms with van der Waals surface area (Å²) in [6.07, 6.45) is -0.0968. The molecule has 0 bridgehead atoms. The predicted octanol–water partition coefficient (Wildman–Crippen LogP) is 1.20. The van der Waals surface area contributed by atoms with E-state index in [2.05, 4.69) is 0 Å². The van der Waals surface area contributed by atoms with Gasteiger partial charge in [-0.1, -0.05) is 13.8 Å². The van der Waals surface area contributed by atoms with E-state index in [-0.39, 0.29) is 24.2 Å². The monoisotopic (exact) mass is 298 g/mol. The first-order chi connectivity index (χ1) is 9.44. The number of aliphatic carboxylic acids is 1. The number of likely N-dealkylation sites (N-methyl/N-ethyl adjacent to an activating group) is 1. The summed E-state index contributed by atoms with van der Waals surface area (Å²) in [4.78, 5) is 39.4. The van der Waals surface area contributed by atoms with Crippen LogP contribution in [0.2, 0.25) is 0 Å². The fraction of sp³-hybridized carbons (Fsp3) is 0.800. The Morgan fingerprint density at radius 1 is 1.33 bits per heavy atom. The molecule has 1 unspecified atom stereocenters. The van der Waals surface area contributed by atoms with Gasteiger partial charge in [-0.2, -0.15) is 0 Å². The molecular formula is C15H26N2O4. The molecule has 0 spiro atoms. The van der Waals surface area contributed by atoms with Gasteiger partial charge in [0.2, 0.25) is 11.8 Å². The highest BCUT2D eigenvalue weighted by atomic mass is 16.4. The van der Waals surface area contributed by atoms with Crippen molar-refractivity contribution in [3.8, 4) is 0 Å².